The average molecular weight is 358 g/mol. The number of carbonyl (C=O) groups excluding carboxylic acids is 1. The fraction of sp³-hybridized carbons (Fsp3) is 0.158. The molecule has 0 saturated carbocycles. The van der Waals surface area contributed by atoms with Crippen LogP contribution in [0.4, 0.5) is 5.69 Å². The summed E-state index contributed by atoms with van der Waals surface area (Å²) in [5, 5.41) is 4.02. The number of benzene rings is 2. The molecule has 0 aliphatic heterocycles. The van der Waals surface area contributed by atoms with Crippen molar-refractivity contribution >= 4 is 34.2 Å². The largest absolute Gasteiger partial charge is 0.497 e. The Kier molecular flexibility index (Phi) is 4.76. The summed E-state index contributed by atoms with van der Waals surface area (Å²) >= 11 is 5.90. The van der Waals surface area contributed by atoms with Gasteiger partial charge >= 0.3 is 5.63 Å². The van der Waals surface area contributed by atoms with E-state index in [-0.39, 0.29) is 12.3 Å². The van der Waals surface area contributed by atoms with Crippen molar-refractivity contribution in [1.82, 2.24) is 0 Å². The molecule has 6 heteroatoms. The van der Waals surface area contributed by atoms with Crippen LogP contribution in [-0.4, -0.2) is 13.0 Å². The minimum absolute atomic E-state index is 0.0807. The molecule has 1 N–H and O–H groups in total. The number of hydrogen-bond acceptors (Lipinski definition) is 4. The maximum atomic E-state index is 12.3. The number of aryl methyl sites for hydroxylation is 1. The summed E-state index contributed by atoms with van der Waals surface area (Å²) in [5.41, 5.74) is 1.53. The molecule has 0 radical (unpaired) electrons. The van der Waals surface area contributed by atoms with Gasteiger partial charge < -0.3 is 14.5 Å². The van der Waals surface area contributed by atoms with Crippen LogP contribution in [0.5, 0.6) is 5.75 Å². The van der Waals surface area contributed by atoms with Gasteiger partial charge in [0.1, 0.15) is 11.3 Å². The zero-order valence-electron chi connectivity index (χ0n) is 13.8. The van der Waals surface area contributed by atoms with Gasteiger partial charge in [-0.15, -0.1) is 0 Å². The van der Waals surface area contributed by atoms with Crippen molar-refractivity contribution < 1.29 is 13.9 Å². The highest BCUT2D eigenvalue weighted by molar-refractivity contribution is 6.30. The van der Waals surface area contributed by atoms with Gasteiger partial charge in [0, 0.05) is 22.2 Å². The Morgan fingerprint density at radius 2 is 2.04 bits per heavy atom. The van der Waals surface area contributed by atoms with E-state index >= 15 is 0 Å². The van der Waals surface area contributed by atoms with Gasteiger partial charge in [0.15, 0.2) is 0 Å². The van der Waals surface area contributed by atoms with Crippen LogP contribution in [-0.2, 0) is 11.2 Å². The maximum Gasteiger partial charge on any atom is 0.340 e. The molecule has 3 rings (SSSR count). The molecule has 0 atom stereocenters. The van der Waals surface area contributed by atoms with Crippen molar-refractivity contribution in [1.29, 1.82) is 0 Å². The summed E-state index contributed by atoms with van der Waals surface area (Å²) < 4.78 is 10.5. The Morgan fingerprint density at radius 1 is 1.24 bits per heavy atom. The van der Waals surface area contributed by atoms with E-state index in [4.69, 9.17) is 20.8 Å². The second-order valence-corrected chi connectivity index (χ2v) is 6.03. The molecule has 0 fully saturated rings. The van der Waals surface area contributed by atoms with Crippen molar-refractivity contribution in [3.63, 3.8) is 0 Å². The number of methoxy groups -OCH3 is 1. The monoisotopic (exact) mass is 357 g/mol. The Hall–Kier alpha value is -2.79. The summed E-state index contributed by atoms with van der Waals surface area (Å²) in [6.07, 6.45) is -0.0807. The van der Waals surface area contributed by atoms with E-state index in [1.807, 2.05) is 6.07 Å². The van der Waals surface area contributed by atoms with Crippen LogP contribution in [0.2, 0.25) is 5.02 Å². The Bertz CT molecular complexity index is 1010. The summed E-state index contributed by atoms with van der Waals surface area (Å²) in [6.45, 7) is 1.80. The van der Waals surface area contributed by atoms with Crippen LogP contribution in [0.15, 0.2) is 51.7 Å². The van der Waals surface area contributed by atoms with Crippen molar-refractivity contribution in [3.8, 4) is 5.75 Å². The molecular formula is C19H16ClNO4. The summed E-state index contributed by atoms with van der Waals surface area (Å²) in [6, 6.07) is 12.1. The number of carbonyl (C=O) groups is 1. The highest BCUT2D eigenvalue weighted by atomic mass is 35.5. The third-order valence-electron chi connectivity index (χ3n) is 3.94. The lowest BCUT2D eigenvalue weighted by Crippen LogP contribution is -2.20. The number of anilines is 1. The minimum Gasteiger partial charge on any atom is -0.497 e. The Balaban J connectivity index is 1.90. The predicted octanol–water partition coefficient (Wildman–Crippen LogP) is 3.94. The van der Waals surface area contributed by atoms with Gasteiger partial charge in [-0.3, -0.25) is 4.79 Å². The first-order valence-electron chi connectivity index (χ1n) is 7.63. The van der Waals surface area contributed by atoms with Crippen LogP contribution in [0, 0.1) is 6.92 Å². The second kappa shape index (κ2) is 6.99. The lowest BCUT2D eigenvalue weighted by molar-refractivity contribution is -0.115. The van der Waals surface area contributed by atoms with Gasteiger partial charge in [0.2, 0.25) is 5.91 Å². The molecule has 2 aromatic carbocycles. The Labute approximate surface area is 149 Å². The molecule has 3 aromatic rings. The number of nitrogens with one attached hydrogen (secondary N) is 1. The van der Waals surface area contributed by atoms with Crippen LogP contribution in [0.3, 0.4) is 0 Å². The van der Waals surface area contributed by atoms with Crippen molar-refractivity contribution in [2.45, 2.75) is 13.3 Å². The van der Waals surface area contributed by atoms with Crippen molar-refractivity contribution in [2.24, 2.45) is 0 Å². The fourth-order valence-corrected chi connectivity index (χ4v) is 2.83. The second-order valence-electron chi connectivity index (χ2n) is 5.59. The van der Waals surface area contributed by atoms with Gasteiger partial charge in [0.25, 0.3) is 0 Å². The Morgan fingerprint density at radius 3 is 2.76 bits per heavy atom. The highest BCUT2D eigenvalue weighted by Crippen LogP contribution is 2.24. The first-order valence-corrected chi connectivity index (χ1v) is 8.01. The van der Waals surface area contributed by atoms with E-state index in [1.165, 1.54) is 0 Å². The van der Waals surface area contributed by atoms with Gasteiger partial charge in [-0.05, 0) is 42.8 Å². The molecular weight excluding hydrogens is 342 g/mol. The summed E-state index contributed by atoms with van der Waals surface area (Å²) in [5.74, 6) is 0.284. The number of rotatable bonds is 4. The molecule has 0 aliphatic carbocycles. The van der Waals surface area contributed by atoms with Crippen molar-refractivity contribution in [3.05, 3.63) is 69.0 Å². The zero-order chi connectivity index (χ0) is 18.0. The average Bonchev–Trinajstić information content (AvgIpc) is 2.58. The van der Waals surface area contributed by atoms with Gasteiger partial charge in [-0.25, -0.2) is 4.79 Å². The summed E-state index contributed by atoms with van der Waals surface area (Å²) in [4.78, 5) is 24.6. The lowest BCUT2D eigenvalue weighted by Gasteiger charge is -2.09. The third-order valence-corrected chi connectivity index (χ3v) is 4.18. The maximum absolute atomic E-state index is 12.3. The van der Waals surface area contributed by atoms with Gasteiger partial charge in [0.05, 0.1) is 19.1 Å². The standard InChI is InChI=1S/C19H16ClNO4/c1-11-15-7-6-14(24-2)9-17(15)25-19(23)16(11)10-18(22)21-13-5-3-4-12(20)8-13/h3-9H,10H2,1-2H3,(H,21,22). The fourth-order valence-electron chi connectivity index (χ4n) is 2.64. The van der Waals surface area contributed by atoms with Crippen LogP contribution < -0.4 is 15.7 Å². The van der Waals surface area contributed by atoms with Crippen LogP contribution in [0.25, 0.3) is 11.0 Å². The minimum atomic E-state index is -0.528. The van der Waals surface area contributed by atoms with E-state index in [0.29, 0.717) is 27.6 Å². The van der Waals surface area contributed by atoms with E-state index < -0.39 is 5.63 Å². The van der Waals surface area contributed by atoms with Crippen LogP contribution in [0.1, 0.15) is 11.1 Å². The molecule has 25 heavy (non-hydrogen) atoms. The number of fused-ring (bicyclic) bond motifs is 1. The molecule has 0 aliphatic rings. The smallest absolute Gasteiger partial charge is 0.340 e. The number of halogens is 1. The molecule has 1 amide bonds. The SMILES string of the molecule is COc1ccc2c(C)c(CC(=O)Nc3cccc(Cl)c3)c(=O)oc2c1. The number of ether oxygens (including phenoxy) is 1. The van der Waals surface area contributed by atoms with E-state index in [0.717, 1.165) is 10.9 Å². The van der Waals surface area contributed by atoms with Crippen molar-refractivity contribution in [2.75, 3.05) is 12.4 Å². The first kappa shape index (κ1) is 17.0. The molecule has 1 heterocycles. The first-order chi connectivity index (χ1) is 12.0. The summed E-state index contributed by atoms with van der Waals surface area (Å²) in [7, 11) is 1.54. The molecule has 5 nitrogen and oxygen atoms in total. The van der Waals surface area contributed by atoms with E-state index in [9.17, 15) is 9.59 Å². The van der Waals surface area contributed by atoms with E-state index in [1.54, 1.807) is 50.4 Å². The zero-order valence-corrected chi connectivity index (χ0v) is 14.5. The van der Waals surface area contributed by atoms with Crippen LogP contribution >= 0.6 is 11.6 Å². The highest BCUT2D eigenvalue weighted by Gasteiger charge is 2.15. The quantitative estimate of drug-likeness (QED) is 0.718. The normalized spacial score (nSPS) is 10.7. The molecule has 0 bridgehead atoms. The van der Waals surface area contributed by atoms with Gasteiger partial charge in [-0.2, -0.15) is 0 Å². The molecule has 0 saturated heterocycles. The third kappa shape index (κ3) is 3.67. The topological polar surface area (TPSA) is 68.5 Å². The predicted molar refractivity (Wildman–Crippen MR) is 97.6 cm³/mol. The molecule has 0 spiro atoms. The molecule has 128 valence electrons. The number of amides is 1. The van der Waals surface area contributed by atoms with E-state index in [2.05, 4.69) is 5.32 Å². The molecule has 1 aromatic heterocycles. The number of hydrogen-bond donors (Lipinski definition) is 1. The lowest BCUT2D eigenvalue weighted by atomic mass is 10.0. The molecule has 0 unspecified atom stereocenters. The van der Waals surface area contributed by atoms with Gasteiger partial charge in [-0.1, -0.05) is 17.7 Å².